The molecule has 0 aromatic carbocycles. The topological polar surface area (TPSA) is 52.0 Å². The van der Waals surface area contributed by atoms with Crippen LogP contribution in [0, 0.1) is 23.7 Å². The summed E-state index contributed by atoms with van der Waals surface area (Å²) in [5.74, 6) is 1.06. The summed E-state index contributed by atoms with van der Waals surface area (Å²) in [6, 6.07) is 4.09. The summed E-state index contributed by atoms with van der Waals surface area (Å²) in [5.41, 5.74) is 2.26. The van der Waals surface area contributed by atoms with Gasteiger partial charge in [0.1, 0.15) is 11.9 Å². The smallest absolute Gasteiger partial charge is 0.131 e. The molecule has 1 aromatic rings. The minimum Gasteiger partial charge on any atom is -0.356 e. The van der Waals surface area contributed by atoms with E-state index in [4.69, 9.17) is 5.26 Å². The fraction of sp³-hybridized carbons (Fsp3) is 0.600. The van der Waals surface area contributed by atoms with Gasteiger partial charge in [0.25, 0.3) is 0 Å². The number of pyridine rings is 1. The zero-order chi connectivity index (χ0) is 13.3. The van der Waals surface area contributed by atoms with E-state index in [-0.39, 0.29) is 0 Å². The third-order valence-electron chi connectivity index (χ3n) is 4.58. The fourth-order valence-electron chi connectivity index (χ4n) is 3.44. The largest absolute Gasteiger partial charge is 0.356 e. The van der Waals surface area contributed by atoms with Gasteiger partial charge in [-0.05, 0) is 56.3 Å². The number of hydrogen-bond acceptors (Lipinski definition) is 4. The van der Waals surface area contributed by atoms with Crippen LogP contribution in [0.2, 0.25) is 0 Å². The molecule has 3 heterocycles. The number of nitrogens with one attached hydrogen (secondary N) is 1. The predicted octanol–water partition coefficient (Wildman–Crippen LogP) is 1.84. The zero-order valence-corrected chi connectivity index (χ0v) is 11.4. The molecule has 2 fully saturated rings. The van der Waals surface area contributed by atoms with Gasteiger partial charge in [-0.25, -0.2) is 4.98 Å². The van der Waals surface area contributed by atoms with Crippen LogP contribution < -0.4 is 10.2 Å². The van der Waals surface area contributed by atoms with E-state index in [0.717, 1.165) is 37.6 Å². The Kier molecular flexibility index (Phi) is 3.16. The van der Waals surface area contributed by atoms with Gasteiger partial charge in [-0.3, -0.25) is 0 Å². The van der Waals surface area contributed by atoms with Crippen molar-refractivity contribution < 1.29 is 0 Å². The molecule has 3 rings (SSSR count). The van der Waals surface area contributed by atoms with Gasteiger partial charge in [-0.1, -0.05) is 0 Å². The van der Waals surface area contributed by atoms with Gasteiger partial charge in [0, 0.05) is 19.3 Å². The van der Waals surface area contributed by atoms with Gasteiger partial charge in [-0.15, -0.1) is 0 Å². The van der Waals surface area contributed by atoms with E-state index in [1.54, 1.807) is 6.20 Å². The monoisotopic (exact) mass is 256 g/mol. The molecule has 1 N–H and O–H groups in total. The fourth-order valence-corrected chi connectivity index (χ4v) is 3.44. The Morgan fingerprint density at radius 1 is 1.37 bits per heavy atom. The number of aryl methyl sites for hydroxylation is 1. The number of hydrogen-bond donors (Lipinski definition) is 1. The second kappa shape index (κ2) is 4.82. The first-order valence-corrected chi connectivity index (χ1v) is 7.05. The molecule has 0 amide bonds. The first-order valence-electron chi connectivity index (χ1n) is 7.05. The molecule has 1 aromatic heterocycles. The second-order valence-electron chi connectivity index (χ2n) is 5.90. The third kappa shape index (κ3) is 2.31. The number of anilines is 1. The molecule has 4 heteroatoms. The summed E-state index contributed by atoms with van der Waals surface area (Å²) in [6.07, 6.45) is 5.52. The van der Waals surface area contributed by atoms with Gasteiger partial charge < -0.3 is 10.2 Å². The molecule has 2 aliphatic rings. The van der Waals surface area contributed by atoms with E-state index in [1.165, 1.54) is 19.3 Å². The minimum atomic E-state index is 0.493. The first kappa shape index (κ1) is 12.4. The lowest BCUT2D eigenvalue weighted by Gasteiger charge is -2.34. The molecular formula is C15H20N4. The van der Waals surface area contributed by atoms with E-state index in [0.29, 0.717) is 11.0 Å². The highest BCUT2D eigenvalue weighted by Crippen LogP contribution is 2.40. The van der Waals surface area contributed by atoms with E-state index >= 15 is 0 Å². The van der Waals surface area contributed by atoms with Gasteiger partial charge in [0.05, 0.1) is 5.56 Å². The Labute approximate surface area is 114 Å². The minimum absolute atomic E-state index is 0.493. The Hall–Kier alpha value is -1.60. The van der Waals surface area contributed by atoms with Crippen molar-refractivity contribution >= 4 is 5.82 Å². The highest BCUT2D eigenvalue weighted by atomic mass is 15.2. The maximum Gasteiger partial charge on any atom is 0.131 e. The molecule has 2 saturated heterocycles. The maximum atomic E-state index is 8.91. The van der Waals surface area contributed by atoms with E-state index in [2.05, 4.69) is 28.2 Å². The van der Waals surface area contributed by atoms with Gasteiger partial charge in [0.2, 0.25) is 0 Å². The summed E-state index contributed by atoms with van der Waals surface area (Å²) < 4.78 is 0. The summed E-state index contributed by atoms with van der Waals surface area (Å²) in [6.45, 7) is 6.56. The summed E-state index contributed by atoms with van der Waals surface area (Å²) >= 11 is 0. The lowest BCUT2D eigenvalue weighted by molar-refractivity contribution is 0.232. The number of piperidine rings is 1. The van der Waals surface area contributed by atoms with Crippen molar-refractivity contribution in [2.45, 2.75) is 26.2 Å². The van der Waals surface area contributed by atoms with Crippen molar-refractivity contribution in [3.63, 3.8) is 0 Å². The third-order valence-corrected chi connectivity index (χ3v) is 4.58. The van der Waals surface area contributed by atoms with Crippen LogP contribution in [0.4, 0.5) is 5.82 Å². The standard InChI is InChI=1S/C15H20N4/c1-12-8-13(9-16)10-18-14(12)19-7-4-15(11-19)2-5-17-6-3-15/h8,10,17H,2-7,11H2,1H3. The molecule has 19 heavy (non-hydrogen) atoms. The highest BCUT2D eigenvalue weighted by Gasteiger charge is 2.39. The van der Waals surface area contributed by atoms with Crippen molar-refractivity contribution in [3.05, 3.63) is 23.4 Å². The number of nitrogens with zero attached hydrogens (tertiary/aromatic N) is 3. The molecular weight excluding hydrogens is 236 g/mol. The SMILES string of the molecule is Cc1cc(C#N)cnc1N1CCC2(CCNCC2)C1. The molecule has 0 unspecified atom stereocenters. The molecule has 0 atom stereocenters. The Balaban J connectivity index is 1.79. The molecule has 1 spiro atoms. The predicted molar refractivity (Wildman–Crippen MR) is 75.1 cm³/mol. The Morgan fingerprint density at radius 2 is 2.16 bits per heavy atom. The van der Waals surface area contributed by atoms with Crippen molar-refractivity contribution in [2.75, 3.05) is 31.1 Å². The number of nitriles is 1. The zero-order valence-electron chi connectivity index (χ0n) is 11.4. The van der Waals surface area contributed by atoms with Crippen LogP contribution in [0.5, 0.6) is 0 Å². The van der Waals surface area contributed by atoms with Crippen molar-refractivity contribution in [2.24, 2.45) is 5.41 Å². The molecule has 2 aliphatic heterocycles. The van der Waals surface area contributed by atoms with Gasteiger partial charge >= 0.3 is 0 Å². The maximum absolute atomic E-state index is 8.91. The van der Waals surface area contributed by atoms with Crippen molar-refractivity contribution in [3.8, 4) is 6.07 Å². The number of aromatic nitrogens is 1. The number of rotatable bonds is 1. The van der Waals surface area contributed by atoms with Crippen LogP contribution >= 0.6 is 0 Å². The van der Waals surface area contributed by atoms with Crippen LogP contribution in [-0.2, 0) is 0 Å². The molecule has 100 valence electrons. The highest BCUT2D eigenvalue weighted by molar-refractivity contribution is 5.50. The van der Waals surface area contributed by atoms with E-state index < -0.39 is 0 Å². The molecule has 4 nitrogen and oxygen atoms in total. The average Bonchev–Trinajstić information content (AvgIpc) is 2.83. The summed E-state index contributed by atoms with van der Waals surface area (Å²) in [5, 5.41) is 12.4. The second-order valence-corrected chi connectivity index (χ2v) is 5.90. The molecule has 0 aliphatic carbocycles. The normalized spacial score (nSPS) is 21.6. The lowest BCUT2D eigenvalue weighted by atomic mass is 9.78. The van der Waals surface area contributed by atoms with E-state index in [1.807, 2.05) is 6.07 Å². The summed E-state index contributed by atoms with van der Waals surface area (Å²) in [7, 11) is 0. The van der Waals surface area contributed by atoms with Crippen LogP contribution in [0.1, 0.15) is 30.4 Å². The Morgan fingerprint density at radius 3 is 2.84 bits per heavy atom. The van der Waals surface area contributed by atoms with Crippen LogP contribution in [0.3, 0.4) is 0 Å². The van der Waals surface area contributed by atoms with Gasteiger partial charge in [0.15, 0.2) is 0 Å². The molecule has 0 bridgehead atoms. The van der Waals surface area contributed by atoms with Crippen LogP contribution in [0.15, 0.2) is 12.3 Å². The molecule has 0 radical (unpaired) electrons. The van der Waals surface area contributed by atoms with Gasteiger partial charge in [-0.2, -0.15) is 5.26 Å². The van der Waals surface area contributed by atoms with E-state index in [9.17, 15) is 0 Å². The lowest BCUT2D eigenvalue weighted by Crippen LogP contribution is -2.38. The van der Waals surface area contributed by atoms with Crippen LogP contribution in [0.25, 0.3) is 0 Å². The summed E-state index contributed by atoms with van der Waals surface area (Å²) in [4.78, 5) is 6.90. The first-order chi connectivity index (χ1) is 9.22. The average molecular weight is 256 g/mol. The molecule has 0 saturated carbocycles. The quantitative estimate of drug-likeness (QED) is 0.833. The Bertz CT molecular complexity index is 511. The van der Waals surface area contributed by atoms with Crippen LogP contribution in [-0.4, -0.2) is 31.2 Å². The van der Waals surface area contributed by atoms with Crippen molar-refractivity contribution in [1.82, 2.24) is 10.3 Å². The van der Waals surface area contributed by atoms with Crippen molar-refractivity contribution in [1.29, 1.82) is 5.26 Å².